The molecule has 0 aliphatic carbocycles. The summed E-state index contributed by atoms with van der Waals surface area (Å²) in [5.41, 5.74) is 15.0. The smallest absolute Gasteiger partial charge is 0.231 e. The maximum absolute atomic E-state index is 9.98. The number of rotatable bonds is 5. The molecule has 3 heterocycles. The molecule has 160 valence electrons. The van der Waals surface area contributed by atoms with Crippen molar-refractivity contribution < 1.29 is 18.9 Å². The normalized spacial score (nSPS) is 26.2. The van der Waals surface area contributed by atoms with Gasteiger partial charge in [0, 0.05) is 17.4 Å². The van der Waals surface area contributed by atoms with Crippen LogP contribution in [0.15, 0.2) is 53.9 Å². The maximum atomic E-state index is 9.98. The number of hydrogen-bond acceptors (Lipinski definition) is 8. The van der Waals surface area contributed by atoms with Crippen LogP contribution in [0.3, 0.4) is 0 Å². The molecule has 1 fully saturated rings. The van der Waals surface area contributed by atoms with Crippen molar-refractivity contribution in [3.05, 3.63) is 65.0 Å². The Balaban J connectivity index is 1.59. The van der Waals surface area contributed by atoms with E-state index in [1.54, 1.807) is 0 Å². The van der Waals surface area contributed by atoms with Gasteiger partial charge in [-0.1, -0.05) is 31.2 Å². The molecule has 0 saturated carbocycles. The summed E-state index contributed by atoms with van der Waals surface area (Å²) in [6.45, 7) is 2.87. The van der Waals surface area contributed by atoms with E-state index in [0.717, 1.165) is 29.0 Å². The lowest BCUT2D eigenvalue weighted by Gasteiger charge is -2.36. The van der Waals surface area contributed by atoms with Crippen LogP contribution in [0, 0.1) is 17.2 Å². The summed E-state index contributed by atoms with van der Waals surface area (Å²) in [6.07, 6.45) is 0.483. The van der Waals surface area contributed by atoms with E-state index in [4.69, 9.17) is 24.7 Å². The van der Waals surface area contributed by atoms with Crippen molar-refractivity contribution in [2.24, 2.45) is 11.7 Å². The molecule has 0 spiro atoms. The van der Waals surface area contributed by atoms with E-state index in [1.165, 1.54) is 0 Å². The van der Waals surface area contributed by atoms with Gasteiger partial charge in [-0.3, -0.25) is 0 Å². The second-order valence-electron chi connectivity index (χ2n) is 7.75. The number of nitrogens with two attached hydrogens (primary N) is 1. The second-order valence-corrected chi connectivity index (χ2v) is 7.75. The molecule has 4 atom stereocenters. The number of nitrogens with zero attached hydrogens (tertiary/aromatic N) is 1. The van der Waals surface area contributed by atoms with Crippen molar-refractivity contribution in [1.82, 2.24) is 10.9 Å². The first-order chi connectivity index (χ1) is 15.2. The van der Waals surface area contributed by atoms with Crippen LogP contribution in [-0.4, -0.2) is 19.6 Å². The predicted molar refractivity (Wildman–Crippen MR) is 112 cm³/mol. The Morgan fingerprint density at radius 3 is 2.84 bits per heavy atom. The molecule has 3 aliphatic rings. The minimum absolute atomic E-state index is 0.139. The molecule has 31 heavy (non-hydrogen) atoms. The molecule has 2 aromatic rings. The Bertz CT molecular complexity index is 1060. The van der Waals surface area contributed by atoms with E-state index >= 15 is 0 Å². The zero-order valence-electron chi connectivity index (χ0n) is 17.1. The van der Waals surface area contributed by atoms with Gasteiger partial charge >= 0.3 is 0 Å². The molecular formula is C23H24N4O4. The van der Waals surface area contributed by atoms with Crippen LogP contribution in [0.2, 0.25) is 0 Å². The van der Waals surface area contributed by atoms with Crippen molar-refractivity contribution >= 4 is 0 Å². The van der Waals surface area contributed by atoms with Crippen LogP contribution < -0.4 is 30.8 Å². The monoisotopic (exact) mass is 420 g/mol. The summed E-state index contributed by atoms with van der Waals surface area (Å²) in [4.78, 5) is 0. The van der Waals surface area contributed by atoms with Gasteiger partial charge in [-0.05, 0) is 30.2 Å². The third kappa shape index (κ3) is 3.32. The zero-order chi connectivity index (χ0) is 21.4. The average molecular weight is 420 g/mol. The van der Waals surface area contributed by atoms with E-state index in [1.807, 2.05) is 42.5 Å². The highest BCUT2D eigenvalue weighted by Gasteiger charge is 2.50. The Labute approximate surface area is 180 Å². The van der Waals surface area contributed by atoms with E-state index in [9.17, 15) is 5.26 Å². The van der Waals surface area contributed by atoms with Gasteiger partial charge in [0.2, 0.25) is 12.7 Å². The minimum atomic E-state index is -0.406. The number of benzene rings is 2. The highest BCUT2D eigenvalue weighted by molar-refractivity contribution is 5.50. The Morgan fingerprint density at radius 2 is 2.00 bits per heavy atom. The van der Waals surface area contributed by atoms with E-state index in [0.29, 0.717) is 17.9 Å². The number of nitriles is 1. The number of ether oxygens (including phenoxy) is 4. The molecule has 0 bridgehead atoms. The van der Waals surface area contributed by atoms with Crippen molar-refractivity contribution in [2.75, 3.05) is 13.4 Å². The first kappa shape index (κ1) is 19.5. The minimum Gasteiger partial charge on any atom is -0.493 e. The van der Waals surface area contributed by atoms with Crippen LogP contribution in [0.5, 0.6) is 17.2 Å². The van der Waals surface area contributed by atoms with E-state index in [2.05, 4.69) is 23.8 Å². The van der Waals surface area contributed by atoms with Crippen LogP contribution in [0.4, 0.5) is 0 Å². The lowest BCUT2D eigenvalue weighted by molar-refractivity contribution is 0.0336. The molecule has 4 unspecified atom stereocenters. The standard InChI is InChI=1S/C23H24N4O4/c1-2-9-28-16-6-4-3-5-14(16)19-15(11-24)22(25)31-23-20(19)21(26-27-23)13-7-8-17-18(10-13)30-12-29-17/h3-8,10,19-21,23,26-27H,2,9,12,25H2,1H3. The number of hydrazine groups is 1. The SMILES string of the molecule is CCCOc1ccccc1C1C(C#N)=C(N)OC2NNC(c3ccc4c(c3)OCO4)C21. The molecule has 2 aromatic carbocycles. The lowest BCUT2D eigenvalue weighted by Crippen LogP contribution is -2.41. The molecule has 1 saturated heterocycles. The molecule has 3 aliphatic heterocycles. The molecule has 0 amide bonds. The first-order valence-corrected chi connectivity index (χ1v) is 10.4. The molecule has 4 N–H and O–H groups in total. The summed E-state index contributed by atoms with van der Waals surface area (Å²) in [5.74, 6) is 1.87. The molecule has 5 rings (SSSR count). The van der Waals surface area contributed by atoms with Crippen molar-refractivity contribution in [3.63, 3.8) is 0 Å². The molecule has 8 nitrogen and oxygen atoms in total. The molecule has 0 aromatic heterocycles. The fourth-order valence-corrected chi connectivity index (χ4v) is 4.54. The summed E-state index contributed by atoms with van der Waals surface area (Å²) in [7, 11) is 0. The summed E-state index contributed by atoms with van der Waals surface area (Å²) < 4.78 is 22.9. The van der Waals surface area contributed by atoms with Crippen molar-refractivity contribution in [1.29, 1.82) is 5.26 Å². The average Bonchev–Trinajstić information content (AvgIpc) is 3.43. The lowest BCUT2D eigenvalue weighted by atomic mass is 9.74. The van der Waals surface area contributed by atoms with Crippen molar-refractivity contribution in [3.8, 4) is 23.3 Å². The Morgan fingerprint density at radius 1 is 1.16 bits per heavy atom. The van der Waals surface area contributed by atoms with Crippen LogP contribution >= 0.6 is 0 Å². The fourth-order valence-electron chi connectivity index (χ4n) is 4.54. The quantitative estimate of drug-likeness (QED) is 0.677. The molecule has 0 radical (unpaired) electrons. The maximum Gasteiger partial charge on any atom is 0.231 e. The number of fused-ring (bicyclic) bond motifs is 2. The Hall–Kier alpha value is -3.41. The number of para-hydroxylation sites is 1. The molecule has 8 heteroatoms. The third-order valence-corrected chi connectivity index (χ3v) is 5.92. The summed E-state index contributed by atoms with van der Waals surface area (Å²) >= 11 is 0. The zero-order valence-corrected chi connectivity index (χ0v) is 17.1. The molecular weight excluding hydrogens is 396 g/mol. The van der Waals surface area contributed by atoms with Gasteiger partial charge in [0.25, 0.3) is 0 Å². The van der Waals surface area contributed by atoms with Gasteiger partial charge in [-0.25, -0.2) is 10.9 Å². The Kier molecular flexibility index (Phi) is 5.06. The van der Waals surface area contributed by atoms with E-state index in [-0.39, 0.29) is 30.6 Å². The summed E-state index contributed by atoms with van der Waals surface area (Å²) in [6, 6.07) is 15.8. The number of hydrogen-bond donors (Lipinski definition) is 3. The largest absolute Gasteiger partial charge is 0.493 e. The highest BCUT2D eigenvalue weighted by atomic mass is 16.7. The van der Waals surface area contributed by atoms with Gasteiger partial charge < -0.3 is 24.7 Å². The predicted octanol–water partition coefficient (Wildman–Crippen LogP) is 2.80. The van der Waals surface area contributed by atoms with Gasteiger partial charge in [-0.15, -0.1) is 0 Å². The van der Waals surface area contributed by atoms with Gasteiger partial charge in [0.05, 0.1) is 18.2 Å². The first-order valence-electron chi connectivity index (χ1n) is 10.4. The third-order valence-electron chi connectivity index (χ3n) is 5.92. The van der Waals surface area contributed by atoms with Gasteiger partial charge in [-0.2, -0.15) is 5.26 Å². The second kappa shape index (κ2) is 8.02. The van der Waals surface area contributed by atoms with Gasteiger partial charge in [0.1, 0.15) is 11.8 Å². The highest BCUT2D eigenvalue weighted by Crippen LogP contribution is 2.50. The van der Waals surface area contributed by atoms with Crippen LogP contribution in [0.1, 0.15) is 36.4 Å². The van der Waals surface area contributed by atoms with Crippen LogP contribution in [0.25, 0.3) is 0 Å². The van der Waals surface area contributed by atoms with Crippen molar-refractivity contribution in [2.45, 2.75) is 31.5 Å². The topological polar surface area (TPSA) is 111 Å². The summed E-state index contributed by atoms with van der Waals surface area (Å²) in [5, 5.41) is 9.98. The number of nitrogens with one attached hydrogen (secondary N) is 2. The van der Waals surface area contributed by atoms with Crippen LogP contribution in [-0.2, 0) is 4.74 Å². The van der Waals surface area contributed by atoms with E-state index < -0.39 is 6.23 Å². The number of allylic oxidation sites excluding steroid dienone is 1. The van der Waals surface area contributed by atoms with Gasteiger partial charge in [0.15, 0.2) is 17.7 Å². The fraction of sp³-hybridized carbons (Fsp3) is 0.348.